The average Bonchev–Trinajstić information content (AvgIpc) is 3.75. The number of nitrogens with zero attached hydrogens (tertiary/aromatic N) is 2. The predicted molar refractivity (Wildman–Crippen MR) is 191 cm³/mol. The van der Waals surface area contributed by atoms with Crippen LogP contribution in [0.25, 0.3) is 21.4 Å². The molecule has 0 saturated carbocycles. The van der Waals surface area contributed by atoms with Crippen molar-refractivity contribution in [1.29, 1.82) is 0 Å². The maximum atomic E-state index is 14.1. The molecule has 1 aliphatic heterocycles. The molecule has 3 N–H and O–H groups in total. The molecule has 0 radical (unpaired) electrons. The molecule has 3 amide bonds. The zero-order chi connectivity index (χ0) is 36.5. The number of thiazole rings is 1. The van der Waals surface area contributed by atoms with E-state index in [1.165, 1.54) is 4.90 Å². The molecule has 50 heavy (non-hydrogen) atoms. The summed E-state index contributed by atoms with van der Waals surface area (Å²) in [4.78, 5) is 60.4. The van der Waals surface area contributed by atoms with E-state index < -0.39 is 41.0 Å². The van der Waals surface area contributed by atoms with Gasteiger partial charge in [-0.2, -0.15) is 0 Å². The highest BCUT2D eigenvalue weighted by Crippen LogP contribution is 2.30. The summed E-state index contributed by atoms with van der Waals surface area (Å²) < 4.78 is 11.2. The summed E-state index contributed by atoms with van der Waals surface area (Å²) in [6.45, 7) is 14.7. The van der Waals surface area contributed by atoms with Crippen molar-refractivity contribution in [2.45, 2.75) is 98.1 Å². The first kappa shape index (κ1) is 36.7. The van der Waals surface area contributed by atoms with Gasteiger partial charge in [0.2, 0.25) is 11.8 Å². The summed E-state index contributed by atoms with van der Waals surface area (Å²) in [6, 6.07) is 12.3. The summed E-state index contributed by atoms with van der Waals surface area (Å²) in [5.41, 5.74) is 4.51. The van der Waals surface area contributed by atoms with E-state index in [4.69, 9.17) is 9.15 Å². The second kappa shape index (κ2) is 14.4. The van der Waals surface area contributed by atoms with Gasteiger partial charge in [-0.25, -0.2) is 4.98 Å². The van der Waals surface area contributed by atoms with Crippen LogP contribution in [0.15, 0.2) is 58.5 Å². The lowest BCUT2D eigenvalue weighted by molar-refractivity contribution is -0.153. The predicted octanol–water partition coefficient (Wildman–Crippen LogP) is 5.73. The van der Waals surface area contributed by atoms with Crippen molar-refractivity contribution in [3.8, 4) is 10.4 Å². The minimum absolute atomic E-state index is 0.00226. The molecule has 3 heterocycles. The molecule has 5 rings (SSSR count). The lowest BCUT2D eigenvalue weighted by Gasteiger charge is -2.35. The number of esters is 1. The molecule has 12 heteroatoms. The van der Waals surface area contributed by atoms with Gasteiger partial charge >= 0.3 is 5.97 Å². The number of carbonyl (C=O) groups excluding carboxylic acids is 4. The lowest BCUT2D eigenvalue weighted by Crippen LogP contribution is -2.57. The summed E-state index contributed by atoms with van der Waals surface area (Å²) >= 11 is 1.57. The number of hydrogen-bond acceptors (Lipinski definition) is 9. The number of aromatic nitrogens is 1. The Morgan fingerprint density at radius 1 is 1.04 bits per heavy atom. The van der Waals surface area contributed by atoms with Crippen molar-refractivity contribution in [3.05, 3.63) is 76.6 Å². The third kappa shape index (κ3) is 8.59. The number of aliphatic hydroxyl groups excluding tert-OH is 1. The van der Waals surface area contributed by atoms with Crippen LogP contribution in [0.5, 0.6) is 0 Å². The van der Waals surface area contributed by atoms with Crippen molar-refractivity contribution in [2.24, 2.45) is 5.41 Å². The van der Waals surface area contributed by atoms with Crippen LogP contribution < -0.4 is 10.6 Å². The molecule has 11 nitrogen and oxygen atoms in total. The van der Waals surface area contributed by atoms with Crippen molar-refractivity contribution >= 4 is 46.0 Å². The van der Waals surface area contributed by atoms with Crippen molar-refractivity contribution < 1.29 is 33.4 Å². The fourth-order valence-electron chi connectivity index (χ4n) is 6.08. The number of aliphatic hydroxyl groups is 1. The topological polar surface area (TPSA) is 151 Å². The normalized spacial score (nSPS) is 17.7. The van der Waals surface area contributed by atoms with E-state index in [1.807, 2.05) is 64.4 Å². The van der Waals surface area contributed by atoms with Gasteiger partial charge in [-0.1, -0.05) is 51.1 Å². The van der Waals surface area contributed by atoms with Crippen molar-refractivity contribution in [2.75, 3.05) is 6.54 Å². The van der Waals surface area contributed by atoms with Crippen LogP contribution in [0, 0.1) is 12.3 Å². The van der Waals surface area contributed by atoms with Crippen molar-refractivity contribution in [1.82, 2.24) is 20.5 Å². The monoisotopic (exact) mass is 702 g/mol. The molecule has 2 aromatic heterocycles. The molecule has 0 aliphatic carbocycles. The number of likely N-dealkylation sites (tertiary alicyclic amines) is 1. The average molecular weight is 703 g/mol. The number of aryl methyl sites for hydroxylation is 1. The first-order valence-electron chi connectivity index (χ1n) is 16.7. The Bertz CT molecular complexity index is 1880. The molecule has 4 aromatic rings. The van der Waals surface area contributed by atoms with Crippen LogP contribution in [0.1, 0.15) is 88.3 Å². The maximum absolute atomic E-state index is 14.1. The molecule has 2 aromatic carbocycles. The number of hydrogen-bond donors (Lipinski definition) is 3. The number of amides is 3. The Hall–Kier alpha value is -4.55. The van der Waals surface area contributed by atoms with E-state index in [9.17, 15) is 24.3 Å². The van der Waals surface area contributed by atoms with Gasteiger partial charge in [0.05, 0.1) is 34.6 Å². The van der Waals surface area contributed by atoms with Gasteiger partial charge in [-0.15, -0.1) is 11.3 Å². The molecule has 0 unspecified atom stereocenters. The maximum Gasteiger partial charge on any atom is 0.310 e. The van der Waals surface area contributed by atoms with Crippen LogP contribution in [-0.2, 0) is 25.5 Å². The first-order valence-corrected chi connectivity index (χ1v) is 17.6. The number of furan rings is 1. The second-order valence-electron chi connectivity index (χ2n) is 15.0. The quantitative estimate of drug-likeness (QED) is 0.187. The lowest BCUT2D eigenvalue weighted by atomic mass is 9.85. The minimum atomic E-state index is -1.04. The number of carbonyl (C=O) groups is 4. The van der Waals surface area contributed by atoms with Gasteiger partial charge in [0, 0.05) is 18.4 Å². The van der Waals surface area contributed by atoms with E-state index in [0.717, 1.165) is 21.7 Å². The van der Waals surface area contributed by atoms with Crippen LogP contribution in [0.2, 0.25) is 0 Å². The highest BCUT2D eigenvalue weighted by atomic mass is 32.1. The van der Waals surface area contributed by atoms with Crippen LogP contribution >= 0.6 is 11.3 Å². The van der Waals surface area contributed by atoms with Gasteiger partial charge in [0.1, 0.15) is 23.3 Å². The van der Waals surface area contributed by atoms with Gasteiger partial charge in [0.15, 0.2) is 5.76 Å². The Morgan fingerprint density at radius 2 is 1.74 bits per heavy atom. The van der Waals surface area contributed by atoms with E-state index in [0.29, 0.717) is 16.5 Å². The van der Waals surface area contributed by atoms with E-state index in [1.54, 1.807) is 56.4 Å². The summed E-state index contributed by atoms with van der Waals surface area (Å²) in [5, 5.41) is 17.1. The molecule has 4 atom stereocenters. The van der Waals surface area contributed by atoms with Gasteiger partial charge in [-0.05, 0) is 74.9 Å². The minimum Gasteiger partial charge on any atom is -0.460 e. The number of fused-ring (bicyclic) bond motifs is 1. The fourth-order valence-corrected chi connectivity index (χ4v) is 6.89. The number of rotatable bonds is 9. The number of ether oxygens (including phenoxy) is 1. The number of β-amino-alcohol motifs (C(OH)–C–C–N with tert-alkyl or cyclic N) is 1. The molecule has 1 saturated heterocycles. The number of benzene rings is 2. The Morgan fingerprint density at radius 3 is 2.36 bits per heavy atom. The zero-order valence-corrected chi connectivity index (χ0v) is 30.6. The van der Waals surface area contributed by atoms with Crippen LogP contribution in [0.4, 0.5) is 0 Å². The molecule has 266 valence electrons. The summed E-state index contributed by atoms with van der Waals surface area (Å²) in [6.07, 6.45) is -0.753. The summed E-state index contributed by atoms with van der Waals surface area (Å²) in [7, 11) is 0. The van der Waals surface area contributed by atoms with Crippen molar-refractivity contribution in [3.63, 3.8) is 0 Å². The smallest absolute Gasteiger partial charge is 0.310 e. The largest absolute Gasteiger partial charge is 0.460 e. The molecule has 0 spiro atoms. The fraction of sp³-hybridized carbons (Fsp3) is 0.447. The van der Waals surface area contributed by atoms with E-state index >= 15 is 0 Å². The molecular weight excluding hydrogens is 657 g/mol. The summed E-state index contributed by atoms with van der Waals surface area (Å²) in [5.74, 6) is -1.83. The highest BCUT2D eigenvalue weighted by Gasteiger charge is 2.45. The SMILES string of the molecule is Cc1ncsc1-c1ccc([C@H](C)NC(=O)[C@@H]2C[C@@H](O)CN2C(=O)[C@@H](NC(=O)c2cc3cc(CC(=O)OC(C)(C)C)ccc3o2)C(C)(C)C)cc1. The molecular formula is C38H46N4O7S. The van der Waals surface area contributed by atoms with E-state index in [2.05, 4.69) is 15.6 Å². The molecule has 0 bridgehead atoms. The molecule has 1 aliphatic rings. The third-order valence-electron chi connectivity index (χ3n) is 8.60. The third-order valence-corrected chi connectivity index (χ3v) is 9.58. The standard InChI is InChI=1S/C38H46N4O7S/c1-21(24-10-12-25(13-11-24)32-22(2)39-20-50-32)40-34(45)28-18-27(43)19-42(28)36(47)33(37(3,4)5)41-35(46)30-17-26-15-23(9-14-29(26)48-30)16-31(44)49-38(6,7)8/h9-15,17,20-21,27-28,33,43H,16,18-19H2,1-8H3,(H,40,45)(H,41,46)/t21-,27+,28-,33+/m0/s1. The Kier molecular flexibility index (Phi) is 10.5. The van der Waals surface area contributed by atoms with Crippen LogP contribution in [0.3, 0.4) is 0 Å². The van der Waals surface area contributed by atoms with E-state index in [-0.39, 0.29) is 43.1 Å². The first-order chi connectivity index (χ1) is 23.4. The number of nitrogens with one attached hydrogen (secondary N) is 2. The Balaban J connectivity index is 1.27. The van der Waals surface area contributed by atoms with Gasteiger partial charge < -0.3 is 29.8 Å². The zero-order valence-electron chi connectivity index (χ0n) is 29.8. The Labute approximate surface area is 296 Å². The highest BCUT2D eigenvalue weighted by molar-refractivity contribution is 7.13. The van der Waals surface area contributed by atoms with Crippen LogP contribution in [-0.4, -0.2) is 69.0 Å². The van der Waals surface area contributed by atoms with Gasteiger partial charge in [0.25, 0.3) is 5.91 Å². The second-order valence-corrected chi connectivity index (χ2v) is 15.9. The molecule has 1 fully saturated rings. The van der Waals surface area contributed by atoms with Gasteiger partial charge in [-0.3, -0.25) is 19.2 Å².